The molecule has 1 aliphatic rings. The molecular weight excluding hydrogens is 300 g/mol. The maximum Gasteiger partial charge on any atom is 0.248 e. The zero-order valence-electron chi connectivity index (χ0n) is 11.0. The number of pyridine rings is 1. The van der Waals surface area contributed by atoms with E-state index in [-0.39, 0.29) is 24.2 Å². The van der Waals surface area contributed by atoms with Gasteiger partial charge in [0.15, 0.2) is 0 Å². The number of carbonyl (C=O) groups excluding carboxylic acids is 2. The number of aromatic nitrogens is 1. The number of amides is 2. The second-order valence-corrected chi connectivity index (χ2v) is 5.19. The number of carbonyl (C=O) groups is 2. The number of nitrogens with zero attached hydrogens (tertiary/aromatic N) is 2. The van der Waals surface area contributed by atoms with E-state index in [2.05, 4.69) is 10.3 Å². The summed E-state index contributed by atoms with van der Waals surface area (Å²) in [5.74, 6) is 1.42. The van der Waals surface area contributed by atoms with Gasteiger partial charge in [0, 0.05) is 12.2 Å². The van der Waals surface area contributed by atoms with Crippen molar-refractivity contribution in [1.82, 2.24) is 9.88 Å². The molecule has 1 unspecified atom stereocenters. The number of halogens is 1. The van der Waals surface area contributed by atoms with E-state index in [4.69, 9.17) is 5.73 Å². The monoisotopic (exact) mass is 316 g/mol. The lowest BCUT2D eigenvalue weighted by Crippen LogP contribution is -2.44. The van der Waals surface area contributed by atoms with Crippen molar-refractivity contribution in [3.05, 3.63) is 18.3 Å². The molecule has 1 aliphatic heterocycles. The van der Waals surface area contributed by atoms with Gasteiger partial charge >= 0.3 is 0 Å². The van der Waals surface area contributed by atoms with Gasteiger partial charge in [0.25, 0.3) is 0 Å². The number of rotatable bonds is 3. The summed E-state index contributed by atoms with van der Waals surface area (Å²) in [6.45, 7) is 1.80. The van der Waals surface area contributed by atoms with E-state index in [1.807, 2.05) is 0 Å². The number of nitrogen functional groups attached to an aromatic ring is 1. The molecular formula is C12H17ClN4O2S. The Kier molecular flexibility index (Phi) is 6.09. The number of hydrogen-bond acceptors (Lipinski definition) is 5. The number of hydrogen-bond donors (Lipinski definition) is 2. The van der Waals surface area contributed by atoms with Gasteiger partial charge in [-0.1, -0.05) is 6.92 Å². The van der Waals surface area contributed by atoms with Crippen LogP contribution < -0.4 is 11.1 Å². The fourth-order valence-electron chi connectivity index (χ4n) is 1.81. The maximum absolute atomic E-state index is 12.2. The molecule has 3 N–H and O–H groups in total. The van der Waals surface area contributed by atoms with Gasteiger partial charge in [0.1, 0.15) is 11.9 Å². The van der Waals surface area contributed by atoms with Crippen molar-refractivity contribution >= 4 is 47.5 Å². The van der Waals surface area contributed by atoms with E-state index < -0.39 is 6.04 Å². The van der Waals surface area contributed by atoms with Crippen molar-refractivity contribution in [2.45, 2.75) is 19.4 Å². The Balaban J connectivity index is 0.00000200. The van der Waals surface area contributed by atoms with Crippen molar-refractivity contribution in [1.29, 1.82) is 0 Å². The molecule has 0 aliphatic carbocycles. The SMILES string of the molecule is CCC(=O)N1CSCC1C(=O)Nc1ccc(N)nc1.Cl. The zero-order chi connectivity index (χ0) is 13.8. The quantitative estimate of drug-likeness (QED) is 0.878. The third-order valence-electron chi connectivity index (χ3n) is 2.86. The Morgan fingerprint density at radius 1 is 1.55 bits per heavy atom. The molecule has 2 heterocycles. The van der Waals surface area contributed by atoms with Crippen molar-refractivity contribution in [2.75, 3.05) is 22.7 Å². The number of anilines is 2. The van der Waals surface area contributed by atoms with Gasteiger partial charge in [-0.25, -0.2) is 4.98 Å². The first-order valence-corrected chi connectivity index (χ1v) is 7.17. The lowest BCUT2D eigenvalue weighted by molar-refractivity contribution is -0.135. The lowest BCUT2D eigenvalue weighted by Gasteiger charge is -2.22. The molecule has 20 heavy (non-hydrogen) atoms. The molecule has 2 amide bonds. The third kappa shape index (κ3) is 3.77. The summed E-state index contributed by atoms with van der Waals surface area (Å²) < 4.78 is 0. The first-order chi connectivity index (χ1) is 9.11. The summed E-state index contributed by atoms with van der Waals surface area (Å²) in [5.41, 5.74) is 6.06. The number of nitrogens with one attached hydrogen (secondary N) is 1. The van der Waals surface area contributed by atoms with E-state index in [1.165, 1.54) is 6.20 Å². The summed E-state index contributed by atoms with van der Waals surface area (Å²) in [6, 6.07) is 2.90. The minimum absolute atomic E-state index is 0. The second-order valence-electron chi connectivity index (χ2n) is 4.19. The maximum atomic E-state index is 12.2. The molecule has 0 radical (unpaired) electrons. The number of nitrogens with two attached hydrogens (primary N) is 1. The third-order valence-corrected chi connectivity index (χ3v) is 3.87. The predicted octanol–water partition coefficient (Wildman–Crippen LogP) is 1.34. The van der Waals surface area contributed by atoms with Crippen molar-refractivity contribution < 1.29 is 9.59 Å². The molecule has 6 nitrogen and oxygen atoms in total. The summed E-state index contributed by atoms with van der Waals surface area (Å²) in [5, 5.41) is 2.76. The highest BCUT2D eigenvalue weighted by atomic mass is 35.5. The number of thioether (sulfide) groups is 1. The average Bonchev–Trinajstić information content (AvgIpc) is 2.90. The molecule has 0 bridgehead atoms. The first kappa shape index (κ1) is 16.6. The van der Waals surface area contributed by atoms with Crippen LogP contribution in [0.1, 0.15) is 13.3 Å². The first-order valence-electron chi connectivity index (χ1n) is 6.01. The standard InChI is InChI=1S/C12H16N4O2S.ClH/c1-2-11(17)16-7-19-6-9(16)12(18)15-8-3-4-10(13)14-5-8;/h3-5,9H,2,6-7H2,1H3,(H2,13,14)(H,15,18);1H. The van der Waals surface area contributed by atoms with Gasteiger partial charge < -0.3 is 16.0 Å². The molecule has 0 spiro atoms. The highest BCUT2D eigenvalue weighted by molar-refractivity contribution is 7.99. The molecule has 8 heteroatoms. The van der Waals surface area contributed by atoms with Crippen molar-refractivity contribution in [2.24, 2.45) is 0 Å². The second kappa shape index (κ2) is 7.35. The van der Waals surface area contributed by atoms with E-state index in [0.717, 1.165) is 0 Å². The van der Waals surface area contributed by atoms with Crippen molar-refractivity contribution in [3.63, 3.8) is 0 Å². The zero-order valence-corrected chi connectivity index (χ0v) is 12.7. The van der Waals surface area contributed by atoms with Crippen LogP contribution >= 0.6 is 24.2 Å². The fourth-order valence-corrected chi connectivity index (χ4v) is 2.99. The lowest BCUT2D eigenvalue weighted by atomic mass is 10.2. The van der Waals surface area contributed by atoms with Crippen molar-refractivity contribution in [3.8, 4) is 0 Å². The molecule has 1 aromatic heterocycles. The Morgan fingerprint density at radius 3 is 2.90 bits per heavy atom. The summed E-state index contributed by atoms with van der Waals surface area (Å²) in [7, 11) is 0. The van der Waals surface area contributed by atoms with Crippen LogP contribution in [0.3, 0.4) is 0 Å². The minimum Gasteiger partial charge on any atom is -0.384 e. The average molecular weight is 317 g/mol. The summed E-state index contributed by atoms with van der Waals surface area (Å²) >= 11 is 1.58. The van der Waals surface area contributed by atoms with Gasteiger partial charge in [-0.05, 0) is 12.1 Å². The Morgan fingerprint density at radius 2 is 2.30 bits per heavy atom. The minimum atomic E-state index is -0.407. The molecule has 1 aromatic rings. The van der Waals surface area contributed by atoms with Gasteiger partial charge in [0.05, 0.1) is 17.8 Å². The van der Waals surface area contributed by atoms with Gasteiger partial charge in [-0.2, -0.15) is 0 Å². The van der Waals surface area contributed by atoms with Crippen LogP contribution in [0.5, 0.6) is 0 Å². The molecule has 0 aromatic carbocycles. The summed E-state index contributed by atoms with van der Waals surface area (Å²) in [4.78, 5) is 29.4. The topological polar surface area (TPSA) is 88.3 Å². The van der Waals surface area contributed by atoms with E-state index in [0.29, 0.717) is 29.6 Å². The molecule has 1 saturated heterocycles. The largest absolute Gasteiger partial charge is 0.384 e. The van der Waals surface area contributed by atoms with Crippen LogP contribution in [-0.2, 0) is 9.59 Å². The van der Waals surface area contributed by atoms with Crippen LogP contribution in [-0.4, -0.2) is 39.4 Å². The fraction of sp³-hybridized carbons (Fsp3) is 0.417. The van der Waals surface area contributed by atoms with Crippen LogP contribution in [0, 0.1) is 0 Å². The van der Waals surface area contributed by atoms with Crippen LogP contribution in [0.4, 0.5) is 11.5 Å². The normalized spacial score (nSPS) is 17.4. The summed E-state index contributed by atoms with van der Waals surface area (Å²) in [6.07, 6.45) is 1.91. The molecule has 1 fully saturated rings. The Labute approximate surface area is 127 Å². The van der Waals surface area contributed by atoms with Gasteiger partial charge in [-0.3, -0.25) is 9.59 Å². The van der Waals surface area contributed by atoms with E-state index >= 15 is 0 Å². The van der Waals surface area contributed by atoms with E-state index in [1.54, 1.807) is 35.7 Å². The Bertz CT molecular complexity index is 483. The molecule has 110 valence electrons. The van der Waals surface area contributed by atoms with E-state index in [9.17, 15) is 9.59 Å². The smallest absolute Gasteiger partial charge is 0.248 e. The van der Waals surface area contributed by atoms with Crippen LogP contribution in [0.25, 0.3) is 0 Å². The van der Waals surface area contributed by atoms with Crippen LogP contribution in [0.15, 0.2) is 18.3 Å². The molecule has 0 saturated carbocycles. The molecule has 2 rings (SSSR count). The highest BCUT2D eigenvalue weighted by Crippen LogP contribution is 2.22. The molecule has 1 atom stereocenters. The highest BCUT2D eigenvalue weighted by Gasteiger charge is 2.33. The predicted molar refractivity (Wildman–Crippen MR) is 82.8 cm³/mol. The van der Waals surface area contributed by atoms with Gasteiger partial charge in [-0.15, -0.1) is 24.2 Å². The Hall–Kier alpha value is -1.47. The van der Waals surface area contributed by atoms with Crippen LogP contribution in [0.2, 0.25) is 0 Å². The van der Waals surface area contributed by atoms with Gasteiger partial charge in [0.2, 0.25) is 11.8 Å².